The molecule has 0 saturated carbocycles. The minimum Gasteiger partial charge on any atom is -0.493 e. The minimum absolute atomic E-state index is 0.0982. The fourth-order valence-electron chi connectivity index (χ4n) is 3.81. The first-order chi connectivity index (χ1) is 16.3. The number of methoxy groups -OCH3 is 3. The number of fused-ring (bicyclic) bond motifs is 1. The quantitative estimate of drug-likeness (QED) is 0.501. The van der Waals surface area contributed by atoms with Gasteiger partial charge in [0.15, 0.2) is 16.3 Å². The van der Waals surface area contributed by atoms with Gasteiger partial charge in [0.1, 0.15) is 5.82 Å². The highest BCUT2D eigenvalue weighted by Gasteiger charge is 2.33. The van der Waals surface area contributed by atoms with Crippen LogP contribution in [0.25, 0.3) is 6.08 Å². The van der Waals surface area contributed by atoms with Crippen LogP contribution in [0.15, 0.2) is 57.5 Å². The van der Waals surface area contributed by atoms with Gasteiger partial charge in [0.05, 0.1) is 48.2 Å². The second-order valence-corrected chi connectivity index (χ2v) is 8.74. The molecule has 1 aliphatic rings. The monoisotopic (exact) mass is 502 g/mol. The summed E-state index contributed by atoms with van der Waals surface area (Å²) in [5.74, 6) is -0.249. The summed E-state index contributed by atoms with van der Waals surface area (Å²) in [6.07, 6.45) is 1.39. The lowest BCUT2D eigenvalue weighted by Gasteiger charge is -2.25. The van der Waals surface area contributed by atoms with Crippen molar-refractivity contribution in [1.29, 1.82) is 0 Å². The van der Waals surface area contributed by atoms with Gasteiger partial charge >= 0.3 is 5.97 Å². The van der Waals surface area contributed by atoms with E-state index in [9.17, 15) is 14.0 Å². The lowest BCUT2D eigenvalue weighted by molar-refractivity contribution is -0.136. The Morgan fingerprint density at radius 3 is 2.56 bits per heavy atom. The number of thiazole rings is 1. The normalized spacial score (nSPS) is 15.6. The van der Waals surface area contributed by atoms with Crippen molar-refractivity contribution in [3.63, 3.8) is 0 Å². The van der Waals surface area contributed by atoms with Crippen LogP contribution < -0.4 is 24.4 Å². The van der Waals surface area contributed by atoms with Crippen molar-refractivity contribution in [2.45, 2.75) is 13.0 Å². The van der Waals surface area contributed by atoms with Crippen LogP contribution in [0.2, 0.25) is 5.02 Å². The SMILES string of the molecule is COC(=O)C1=C(C)N=c2sc(=Cc3c(F)cccc3Cl)c(=O)n2C1c1ccc(OC)c(OC)c1. The molecule has 0 radical (unpaired) electrons. The van der Waals surface area contributed by atoms with E-state index < -0.39 is 23.4 Å². The highest BCUT2D eigenvalue weighted by Crippen LogP contribution is 2.36. The van der Waals surface area contributed by atoms with Crippen LogP contribution in [0.4, 0.5) is 4.39 Å². The molecule has 1 aromatic heterocycles. The maximum absolute atomic E-state index is 14.4. The van der Waals surface area contributed by atoms with Gasteiger partial charge in [-0.25, -0.2) is 14.2 Å². The Kier molecular flexibility index (Phi) is 6.58. The molecule has 1 aliphatic heterocycles. The Morgan fingerprint density at radius 2 is 1.91 bits per heavy atom. The summed E-state index contributed by atoms with van der Waals surface area (Å²) in [6, 6.07) is 8.56. The van der Waals surface area contributed by atoms with E-state index in [0.717, 1.165) is 11.3 Å². The number of hydrogen-bond acceptors (Lipinski definition) is 7. The maximum atomic E-state index is 14.4. The molecule has 0 amide bonds. The van der Waals surface area contributed by atoms with Gasteiger partial charge in [0, 0.05) is 5.56 Å². The number of carbonyl (C=O) groups is 1. The molecule has 1 unspecified atom stereocenters. The van der Waals surface area contributed by atoms with E-state index in [1.807, 2.05) is 0 Å². The molecular formula is C24H20ClFN2O5S. The van der Waals surface area contributed by atoms with Gasteiger partial charge in [-0.3, -0.25) is 9.36 Å². The van der Waals surface area contributed by atoms with Gasteiger partial charge in [-0.2, -0.15) is 0 Å². The van der Waals surface area contributed by atoms with Crippen LogP contribution in [0.1, 0.15) is 24.1 Å². The molecule has 34 heavy (non-hydrogen) atoms. The largest absolute Gasteiger partial charge is 0.493 e. The number of allylic oxidation sites excluding steroid dienone is 1. The fraction of sp³-hybridized carbons (Fsp3) is 0.208. The second kappa shape index (κ2) is 9.44. The van der Waals surface area contributed by atoms with Crippen molar-refractivity contribution in [3.8, 4) is 11.5 Å². The summed E-state index contributed by atoms with van der Waals surface area (Å²) >= 11 is 7.23. The average molecular weight is 503 g/mol. The molecule has 2 heterocycles. The van der Waals surface area contributed by atoms with Gasteiger partial charge < -0.3 is 14.2 Å². The van der Waals surface area contributed by atoms with Crippen molar-refractivity contribution >= 4 is 35.0 Å². The van der Waals surface area contributed by atoms with E-state index in [1.165, 1.54) is 44.1 Å². The third-order valence-electron chi connectivity index (χ3n) is 5.43. The Balaban J connectivity index is 2.01. The molecule has 0 saturated heterocycles. The number of esters is 1. The Bertz CT molecular complexity index is 1490. The van der Waals surface area contributed by atoms with Crippen molar-refractivity contribution in [3.05, 3.63) is 89.3 Å². The molecule has 0 aliphatic carbocycles. The number of aromatic nitrogens is 1. The van der Waals surface area contributed by atoms with Crippen molar-refractivity contribution in [2.24, 2.45) is 4.99 Å². The van der Waals surface area contributed by atoms with E-state index in [1.54, 1.807) is 31.2 Å². The molecule has 3 aromatic rings. The molecule has 10 heteroatoms. The van der Waals surface area contributed by atoms with Crippen LogP contribution in [0.5, 0.6) is 11.5 Å². The summed E-state index contributed by atoms with van der Waals surface area (Å²) in [7, 11) is 4.27. The highest BCUT2D eigenvalue weighted by atomic mass is 35.5. The molecular weight excluding hydrogens is 483 g/mol. The number of hydrogen-bond donors (Lipinski definition) is 0. The number of halogens is 2. The van der Waals surface area contributed by atoms with Gasteiger partial charge in [0.25, 0.3) is 5.56 Å². The topological polar surface area (TPSA) is 79.1 Å². The predicted octanol–water partition coefficient (Wildman–Crippen LogP) is 3.22. The van der Waals surface area contributed by atoms with Gasteiger partial charge in [0.2, 0.25) is 0 Å². The van der Waals surface area contributed by atoms with Crippen LogP contribution in [-0.4, -0.2) is 31.9 Å². The molecule has 7 nitrogen and oxygen atoms in total. The first-order valence-electron chi connectivity index (χ1n) is 10.1. The average Bonchev–Trinajstić information content (AvgIpc) is 3.14. The van der Waals surface area contributed by atoms with E-state index in [2.05, 4.69) is 4.99 Å². The number of ether oxygens (including phenoxy) is 3. The summed E-state index contributed by atoms with van der Waals surface area (Å²) in [4.78, 5) is 31.1. The molecule has 4 rings (SSSR count). The smallest absolute Gasteiger partial charge is 0.338 e. The van der Waals surface area contributed by atoms with E-state index in [-0.39, 0.29) is 20.7 Å². The number of benzene rings is 2. The van der Waals surface area contributed by atoms with Crippen LogP contribution in [-0.2, 0) is 9.53 Å². The van der Waals surface area contributed by atoms with E-state index in [0.29, 0.717) is 27.6 Å². The fourth-order valence-corrected chi connectivity index (χ4v) is 5.06. The summed E-state index contributed by atoms with van der Waals surface area (Å²) in [5.41, 5.74) is 0.850. The van der Waals surface area contributed by atoms with Crippen LogP contribution in [0.3, 0.4) is 0 Å². The molecule has 1 atom stereocenters. The molecule has 0 bridgehead atoms. The molecule has 2 aromatic carbocycles. The first kappa shape index (κ1) is 23.7. The summed E-state index contributed by atoms with van der Waals surface area (Å²) < 4.78 is 31.7. The Labute approximate surface area is 203 Å². The standard InChI is InChI=1S/C24H20ClFN2O5S/c1-12-20(23(30)33-4)21(13-8-9-17(31-2)18(10-13)32-3)28-22(29)19(34-24(28)27-12)11-14-15(25)6-5-7-16(14)26/h5-11,21H,1-4H3. The molecule has 0 N–H and O–H groups in total. The number of nitrogens with zero attached hydrogens (tertiary/aromatic N) is 2. The summed E-state index contributed by atoms with van der Waals surface area (Å²) in [6.45, 7) is 1.67. The zero-order chi connectivity index (χ0) is 24.6. The number of carbonyl (C=O) groups excluding carboxylic acids is 1. The Morgan fingerprint density at radius 1 is 1.18 bits per heavy atom. The van der Waals surface area contributed by atoms with Crippen molar-refractivity contribution < 1.29 is 23.4 Å². The third kappa shape index (κ3) is 4.01. The predicted molar refractivity (Wildman–Crippen MR) is 127 cm³/mol. The van der Waals surface area contributed by atoms with Crippen molar-refractivity contribution in [1.82, 2.24) is 4.57 Å². The zero-order valence-corrected chi connectivity index (χ0v) is 20.3. The van der Waals surface area contributed by atoms with Crippen LogP contribution in [0, 0.1) is 5.82 Å². The maximum Gasteiger partial charge on any atom is 0.338 e. The van der Waals surface area contributed by atoms with Gasteiger partial charge in [-0.05, 0) is 42.8 Å². The van der Waals surface area contributed by atoms with Gasteiger partial charge in [-0.15, -0.1) is 0 Å². The molecule has 0 fully saturated rings. The highest BCUT2D eigenvalue weighted by molar-refractivity contribution is 7.07. The second-order valence-electron chi connectivity index (χ2n) is 7.32. The lowest BCUT2D eigenvalue weighted by Crippen LogP contribution is -2.39. The van der Waals surface area contributed by atoms with Crippen molar-refractivity contribution in [2.75, 3.05) is 21.3 Å². The zero-order valence-electron chi connectivity index (χ0n) is 18.7. The number of rotatable bonds is 5. The molecule has 0 spiro atoms. The summed E-state index contributed by atoms with van der Waals surface area (Å²) in [5, 5.41) is 0.175. The van der Waals surface area contributed by atoms with E-state index in [4.69, 9.17) is 25.8 Å². The lowest BCUT2D eigenvalue weighted by atomic mass is 9.95. The molecule has 176 valence electrons. The third-order valence-corrected chi connectivity index (χ3v) is 6.74. The first-order valence-corrected chi connectivity index (χ1v) is 11.3. The van der Waals surface area contributed by atoms with Crippen LogP contribution >= 0.6 is 22.9 Å². The van der Waals surface area contributed by atoms with Gasteiger partial charge in [-0.1, -0.05) is 35.1 Å². The Hall–Kier alpha value is -3.43. The minimum atomic E-state index is -0.846. The van der Waals surface area contributed by atoms with E-state index >= 15 is 0 Å².